The number of hydrogen-bond acceptors (Lipinski definition) is 2. The van der Waals surface area contributed by atoms with Gasteiger partial charge in [-0.3, -0.25) is 0 Å². The van der Waals surface area contributed by atoms with Crippen LogP contribution in [0.2, 0.25) is 0 Å². The van der Waals surface area contributed by atoms with E-state index in [0.29, 0.717) is 12.4 Å². The molecule has 0 bridgehead atoms. The fourth-order valence-electron chi connectivity index (χ4n) is 1.08. The SMILES string of the molecule is CCCOc1ccccc1OC[B-](F)(F)F. The van der Waals surface area contributed by atoms with E-state index in [1.165, 1.54) is 6.07 Å². The van der Waals surface area contributed by atoms with Crippen molar-refractivity contribution in [2.45, 2.75) is 13.3 Å². The topological polar surface area (TPSA) is 18.5 Å². The Kier molecular flexibility index (Phi) is 4.52. The average molecular weight is 233 g/mol. The standard InChI is InChI=1S/C10H13BF3O2/c1-2-7-15-9-5-3-4-6-10(9)16-8-11(12,13)14/h3-6H,2,7-8H2,1H3/q-1. The molecule has 6 heteroatoms. The van der Waals surface area contributed by atoms with Gasteiger partial charge in [0.2, 0.25) is 0 Å². The van der Waals surface area contributed by atoms with Crippen molar-refractivity contribution in [1.29, 1.82) is 0 Å². The van der Waals surface area contributed by atoms with Crippen molar-refractivity contribution in [3.05, 3.63) is 24.3 Å². The number of benzene rings is 1. The summed E-state index contributed by atoms with van der Waals surface area (Å²) in [5, 5.41) is 0. The van der Waals surface area contributed by atoms with E-state index < -0.39 is 13.5 Å². The second-order valence-corrected chi connectivity index (χ2v) is 3.32. The maximum Gasteiger partial charge on any atom is 0.515 e. The lowest BCUT2D eigenvalue weighted by Gasteiger charge is -2.17. The zero-order valence-corrected chi connectivity index (χ0v) is 8.96. The second kappa shape index (κ2) is 5.68. The molecule has 0 aromatic heterocycles. The third-order valence-corrected chi connectivity index (χ3v) is 1.74. The predicted octanol–water partition coefficient (Wildman–Crippen LogP) is 3.24. The van der Waals surface area contributed by atoms with E-state index in [9.17, 15) is 12.9 Å². The number of para-hydroxylation sites is 2. The third-order valence-electron chi connectivity index (χ3n) is 1.74. The second-order valence-electron chi connectivity index (χ2n) is 3.32. The monoisotopic (exact) mass is 233 g/mol. The summed E-state index contributed by atoms with van der Waals surface area (Å²) >= 11 is 0. The van der Waals surface area contributed by atoms with E-state index in [1.807, 2.05) is 6.92 Å². The smallest absolute Gasteiger partial charge is 0.515 e. The maximum atomic E-state index is 12.0. The molecule has 0 atom stereocenters. The Morgan fingerprint density at radius 3 is 2.12 bits per heavy atom. The van der Waals surface area contributed by atoms with Crippen LogP contribution in [0.15, 0.2) is 24.3 Å². The van der Waals surface area contributed by atoms with Crippen LogP contribution in [0.3, 0.4) is 0 Å². The molecule has 0 spiro atoms. The van der Waals surface area contributed by atoms with E-state index in [4.69, 9.17) is 4.74 Å². The first kappa shape index (κ1) is 12.7. The van der Waals surface area contributed by atoms with Crippen LogP contribution in [0.5, 0.6) is 11.5 Å². The molecule has 0 amide bonds. The van der Waals surface area contributed by atoms with E-state index in [1.54, 1.807) is 18.2 Å². The Labute approximate surface area is 92.4 Å². The Bertz CT molecular complexity index is 328. The van der Waals surface area contributed by atoms with Gasteiger partial charge < -0.3 is 22.4 Å². The quantitative estimate of drug-likeness (QED) is 0.702. The van der Waals surface area contributed by atoms with Gasteiger partial charge in [0, 0.05) is 0 Å². The van der Waals surface area contributed by atoms with E-state index in [0.717, 1.165) is 6.42 Å². The molecular formula is C10H13BF3O2-. The van der Waals surface area contributed by atoms with Crippen LogP contribution in [0.25, 0.3) is 0 Å². The van der Waals surface area contributed by atoms with Crippen LogP contribution in [0.4, 0.5) is 12.9 Å². The molecule has 0 aliphatic carbocycles. The fraction of sp³-hybridized carbons (Fsp3) is 0.400. The molecule has 0 saturated heterocycles. The lowest BCUT2D eigenvalue weighted by molar-refractivity contribution is 0.271. The van der Waals surface area contributed by atoms with Crippen LogP contribution in [-0.2, 0) is 0 Å². The Hall–Kier alpha value is -1.33. The number of rotatable bonds is 6. The summed E-state index contributed by atoms with van der Waals surface area (Å²) < 4.78 is 46.0. The maximum absolute atomic E-state index is 12.0. The molecule has 0 N–H and O–H groups in total. The molecule has 0 aliphatic rings. The zero-order chi connectivity index (χ0) is 12.0. The molecule has 0 unspecified atom stereocenters. The Morgan fingerprint density at radius 1 is 1.06 bits per heavy atom. The first-order valence-electron chi connectivity index (χ1n) is 5.08. The van der Waals surface area contributed by atoms with Crippen LogP contribution >= 0.6 is 0 Å². The summed E-state index contributed by atoms with van der Waals surface area (Å²) in [6.07, 6.45) is 0.789. The normalized spacial score (nSPS) is 11.2. The molecule has 1 aromatic carbocycles. The molecule has 1 rings (SSSR count). The van der Waals surface area contributed by atoms with Crippen molar-refractivity contribution in [3.8, 4) is 11.5 Å². The number of halogens is 3. The summed E-state index contributed by atoms with van der Waals surface area (Å²) in [6.45, 7) is -3.81. The van der Waals surface area contributed by atoms with Crippen LogP contribution in [-0.4, -0.2) is 20.1 Å². The Balaban J connectivity index is 2.63. The summed E-state index contributed by atoms with van der Waals surface area (Å²) in [5.41, 5.74) is 0. The van der Waals surface area contributed by atoms with Crippen molar-refractivity contribution in [3.63, 3.8) is 0 Å². The van der Waals surface area contributed by atoms with Crippen LogP contribution in [0, 0.1) is 0 Å². The number of ether oxygens (including phenoxy) is 2. The minimum atomic E-state index is -4.94. The molecule has 1 aromatic rings. The first-order chi connectivity index (χ1) is 7.53. The summed E-state index contributed by atoms with van der Waals surface area (Å²) in [5.74, 6) is 0.486. The van der Waals surface area contributed by atoms with E-state index in [-0.39, 0.29) is 5.75 Å². The van der Waals surface area contributed by atoms with Crippen molar-refractivity contribution in [2.24, 2.45) is 0 Å². The molecular weight excluding hydrogens is 220 g/mol. The van der Waals surface area contributed by atoms with Gasteiger partial charge in [-0.2, -0.15) is 0 Å². The van der Waals surface area contributed by atoms with Gasteiger partial charge >= 0.3 is 6.98 Å². The fourth-order valence-corrected chi connectivity index (χ4v) is 1.08. The van der Waals surface area contributed by atoms with Crippen molar-refractivity contribution < 1.29 is 22.4 Å². The minimum absolute atomic E-state index is 0.134. The zero-order valence-electron chi connectivity index (χ0n) is 8.96. The Morgan fingerprint density at radius 2 is 1.62 bits per heavy atom. The summed E-state index contributed by atoms with van der Waals surface area (Å²) in [4.78, 5) is 0. The van der Waals surface area contributed by atoms with Crippen molar-refractivity contribution in [2.75, 3.05) is 13.1 Å². The van der Waals surface area contributed by atoms with Crippen molar-refractivity contribution >= 4 is 6.98 Å². The van der Waals surface area contributed by atoms with Crippen LogP contribution < -0.4 is 9.47 Å². The van der Waals surface area contributed by atoms with Gasteiger partial charge in [0.25, 0.3) is 0 Å². The highest BCUT2D eigenvalue weighted by atomic mass is 19.4. The lowest BCUT2D eigenvalue weighted by atomic mass is 9.95. The van der Waals surface area contributed by atoms with Gasteiger partial charge in [0.1, 0.15) is 0 Å². The van der Waals surface area contributed by atoms with Crippen LogP contribution in [0.1, 0.15) is 13.3 Å². The van der Waals surface area contributed by atoms with Crippen molar-refractivity contribution in [1.82, 2.24) is 0 Å². The highest BCUT2D eigenvalue weighted by Gasteiger charge is 2.24. The predicted molar refractivity (Wildman–Crippen MR) is 56.8 cm³/mol. The first-order valence-corrected chi connectivity index (χ1v) is 5.08. The summed E-state index contributed by atoms with van der Waals surface area (Å²) in [6, 6.07) is 6.36. The molecule has 0 heterocycles. The molecule has 0 saturated carbocycles. The third kappa shape index (κ3) is 4.46. The van der Waals surface area contributed by atoms with Gasteiger partial charge in [0.15, 0.2) is 11.5 Å². The molecule has 2 nitrogen and oxygen atoms in total. The lowest BCUT2D eigenvalue weighted by Crippen LogP contribution is -2.26. The van der Waals surface area contributed by atoms with E-state index >= 15 is 0 Å². The van der Waals surface area contributed by atoms with Gasteiger partial charge in [-0.1, -0.05) is 19.1 Å². The number of hydrogen-bond donors (Lipinski definition) is 0. The minimum Gasteiger partial charge on any atom is -0.519 e. The molecule has 0 radical (unpaired) electrons. The molecule has 16 heavy (non-hydrogen) atoms. The van der Waals surface area contributed by atoms with E-state index in [2.05, 4.69) is 4.74 Å². The van der Waals surface area contributed by atoms with Gasteiger partial charge in [0.05, 0.1) is 13.1 Å². The molecule has 0 fully saturated rings. The largest absolute Gasteiger partial charge is 0.519 e. The highest BCUT2D eigenvalue weighted by Crippen LogP contribution is 2.27. The average Bonchev–Trinajstić information content (AvgIpc) is 2.23. The highest BCUT2D eigenvalue weighted by molar-refractivity contribution is 6.58. The van der Waals surface area contributed by atoms with Gasteiger partial charge in [-0.05, 0) is 18.6 Å². The molecule has 90 valence electrons. The molecule has 0 aliphatic heterocycles. The summed E-state index contributed by atoms with van der Waals surface area (Å²) in [7, 11) is 0. The van der Waals surface area contributed by atoms with Gasteiger partial charge in [-0.15, -0.1) is 0 Å². The van der Waals surface area contributed by atoms with Gasteiger partial charge in [-0.25, -0.2) is 0 Å².